The van der Waals surface area contributed by atoms with Crippen LogP contribution in [0.2, 0.25) is 5.02 Å². The van der Waals surface area contributed by atoms with Crippen LogP contribution >= 0.6 is 11.6 Å². The number of carbonyl (C=O) groups is 2. The van der Waals surface area contributed by atoms with E-state index in [4.69, 9.17) is 21.1 Å². The molecule has 2 aromatic carbocycles. The molecule has 0 saturated carbocycles. The number of nitrogens with one attached hydrogen (secondary N) is 1. The van der Waals surface area contributed by atoms with Crippen molar-refractivity contribution in [1.29, 1.82) is 0 Å². The molecule has 0 radical (unpaired) electrons. The third kappa shape index (κ3) is 4.80. The molecule has 35 heavy (non-hydrogen) atoms. The van der Waals surface area contributed by atoms with Gasteiger partial charge in [0.05, 0.1) is 28.6 Å². The molecule has 1 N–H and O–H groups in total. The van der Waals surface area contributed by atoms with Gasteiger partial charge in [-0.1, -0.05) is 54.1 Å². The highest BCUT2D eigenvalue weighted by Crippen LogP contribution is 2.42. The summed E-state index contributed by atoms with van der Waals surface area (Å²) in [5.74, 6) is -1.05. The van der Waals surface area contributed by atoms with E-state index in [2.05, 4.69) is 9.97 Å². The Morgan fingerprint density at radius 2 is 1.66 bits per heavy atom. The van der Waals surface area contributed by atoms with Gasteiger partial charge in [-0.05, 0) is 57.9 Å². The Kier molecular flexibility index (Phi) is 6.68. The molecule has 0 atom stereocenters. The Labute approximate surface area is 209 Å². The number of hydrogen-bond donors (Lipinski definition) is 1. The lowest BCUT2D eigenvalue weighted by molar-refractivity contribution is -0.142. The number of rotatable bonds is 5. The van der Waals surface area contributed by atoms with Crippen LogP contribution in [0, 0.1) is 12.3 Å². The molecule has 0 aliphatic heterocycles. The number of benzene rings is 2. The molecule has 2 aromatic heterocycles. The van der Waals surface area contributed by atoms with E-state index in [0.29, 0.717) is 21.6 Å². The zero-order chi connectivity index (χ0) is 25.3. The van der Waals surface area contributed by atoms with E-state index in [1.165, 1.54) is 0 Å². The van der Waals surface area contributed by atoms with Crippen molar-refractivity contribution in [3.05, 3.63) is 70.9 Å². The second-order valence-electron chi connectivity index (χ2n) is 9.25. The highest BCUT2D eigenvalue weighted by Gasteiger charge is 2.31. The summed E-state index contributed by atoms with van der Waals surface area (Å²) in [6.45, 7) is 9.06. The van der Waals surface area contributed by atoms with Gasteiger partial charge in [-0.3, -0.25) is 4.79 Å². The van der Waals surface area contributed by atoms with Crippen LogP contribution in [0.3, 0.4) is 0 Å². The number of nitrogens with zero attached hydrogens (tertiary/aromatic N) is 1. The first-order chi connectivity index (χ1) is 16.6. The molecule has 0 aliphatic rings. The molecule has 2 heterocycles. The molecular weight excluding hydrogens is 464 g/mol. The largest absolute Gasteiger partial charge is 0.461 e. The summed E-state index contributed by atoms with van der Waals surface area (Å²) >= 11 is 6.10. The fraction of sp³-hybridized carbons (Fsp3) is 0.250. The van der Waals surface area contributed by atoms with Gasteiger partial charge < -0.3 is 14.5 Å². The Bertz CT molecular complexity index is 1400. The molecule has 4 rings (SSSR count). The Hall–Kier alpha value is -3.64. The van der Waals surface area contributed by atoms with Gasteiger partial charge in [0.2, 0.25) is 0 Å². The molecular formula is C28H27ClN2O4. The van der Waals surface area contributed by atoms with E-state index in [-0.39, 0.29) is 18.1 Å². The van der Waals surface area contributed by atoms with Crippen LogP contribution < -0.4 is 4.74 Å². The van der Waals surface area contributed by atoms with Crippen molar-refractivity contribution in [1.82, 2.24) is 9.97 Å². The fourth-order valence-corrected chi connectivity index (χ4v) is 3.91. The monoisotopic (exact) mass is 490 g/mol. The standard InChI is InChI=1S/C28H27ClN2O4/c1-6-34-26(32)24-25(35-27(33)28(3,4)5)20-16(2)21(18-12-14-19(29)15-13-18)30-23(20)22(31-24)17-10-8-7-9-11-17/h7-15,30H,6H2,1-5H3. The maximum atomic E-state index is 13.0. The highest BCUT2D eigenvalue weighted by molar-refractivity contribution is 6.30. The minimum Gasteiger partial charge on any atom is -0.461 e. The van der Waals surface area contributed by atoms with Crippen LogP contribution in [0.1, 0.15) is 43.7 Å². The number of ether oxygens (including phenoxy) is 2. The topological polar surface area (TPSA) is 81.3 Å². The van der Waals surface area contributed by atoms with Gasteiger partial charge in [-0.15, -0.1) is 0 Å². The number of aromatic amines is 1. The van der Waals surface area contributed by atoms with Crippen molar-refractivity contribution >= 4 is 34.4 Å². The number of hydrogen-bond acceptors (Lipinski definition) is 5. The van der Waals surface area contributed by atoms with E-state index in [1.807, 2.05) is 61.5 Å². The van der Waals surface area contributed by atoms with Gasteiger partial charge in [0.1, 0.15) is 0 Å². The molecule has 0 bridgehead atoms. The van der Waals surface area contributed by atoms with E-state index >= 15 is 0 Å². The first-order valence-electron chi connectivity index (χ1n) is 11.4. The quantitative estimate of drug-likeness (QED) is 0.305. The Morgan fingerprint density at radius 1 is 1.00 bits per heavy atom. The lowest BCUT2D eigenvalue weighted by Gasteiger charge is -2.19. The summed E-state index contributed by atoms with van der Waals surface area (Å²) in [4.78, 5) is 34.2. The molecule has 0 amide bonds. The minimum atomic E-state index is -0.792. The fourth-order valence-electron chi connectivity index (χ4n) is 3.79. The van der Waals surface area contributed by atoms with Crippen molar-refractivity contribution in [2.45, 2.75) is 34.6 Å². The first-order valence-corrected chi connectivity index (χ1v) is 11.8. The molecule has 0 saturated heterocycles. The smallest absolute Gasteiger partial charge is 0.360 e. The summed E-state index contributed by atoms with van der Waals surface area (Å²) < 4.78 is 11.2. The Morgan fingerprint density at radius 3 is 2.26 bits per heavy atom. The van der Waals surface area contributed by atoms with Crippen molar-refractivity contribution in [3.8, 4) is 28.3 Å². The normalized spacial score (nSPS) is 11.5. The van der Waals surface area contributed by atoms with E-state index in [9.17, 15) is 9.59 Å². The van der Waals surface area contributed by atoms with Gasteiger partial charge in [0.15, 0.2) is 11.4 Å². The second-order valence-corrected chi connectivity index (χ2v) is 9.68. The molecule has 0 spiro atoms. The number of aryl methyl sites for hydroxylation is 1. The molecule has 0 unspecified atom stereocenters. The van der Waals surface area contributed by atoms with Crippen molar-refractivity contribution in [2.24, 2.45) is 5.41 Å². The van der Waals surface area contributed by atoms with Crippen molar-refractivity contribution in [2.75, 3.05) is 6.61 Å². The van der Waals surface area contributed by atoms with Gasteiger partial charge >= 0.3 is 11.9 Å². The van der Waals surface area contributed by atoms with E-state index < -0.39 is 17.4 Å². The SMILES string of the molecule is CCOC(=O)c1nc(-c2ccccc2)c2[nH]c(-c3ccc(Cl)cc3)c(C)c2c1OC(=O)C(C)(C)C. The summed E-state index contributed by atoms with van der Waals surface area (Å²) in [6, 6.07) is 17.0. The molecule has 6 nitrogen and oxygen atoms in total. The van der Waals surface area contributed by atoms with Gasteiger partial charge in [-0.2, -0.15) is 0 Å². The number of halogens is 1. The summed E-state index contributed by atoms with van der Waals surface area (Å²) in [6.07, 6.45) is 0. The number of H-pyrrole nitrogens is 1. The van der Waals surface area contributed by atoms with Crippen molar-refractivity contribution in [3.63, 3.8) is 0 Å². The average Bonchev–Trinajstić information content (AvgIpc) is 3.17. The maximum absolute atomic E-state index is 13.0. The third-order valence-electron chi connectivity index (χ3n) is 5.61. The number of carbonyl (C=O) groups excluding carboxylic acids is 2. The maximum Gasteiger partial charge on any atom is 0.360 e. The summed E-state index contributed by atoms with van der Waals surface area (Å²) in [5.41, 5.74) is 3.70. The third-order valence-corrected chi connectivity index (χ3v) is 5.86. The zero-order valence-electron chi connectivity index (χ0n) is 20.4. The minimum absolute atomic E-state index is 0.0411. The van der Waals surface area contributed by atoms with Crippen molar-refractivity contribution < 1.29 is 19.1 Å². The van der Waals surface area contributed by atoms with Gasteiger partial charge in [0, 0.05) is 16.3 Å². The molecule has 7 heteroatoms. The zero-order valence-corrected chi connectivity index (χ0v) is 21.1. The number of pyridine rings is 1. The predicted molar refractivity (Wildman–Crippen MR) is 138 cm³/mol. The summed E-state index contributed by atoms with van der Waals surface area (Å²) in [5, 5.41) is 1.23. The molecule has 4 aromatic rings. The van der Waals surface area contributed by atoms with E-state index in [0.717, 1.165) is 22.4 Å². The highest BCUT2D eigenvalue weighted by atomic mass is 35.5. The van der Waals surface area contributed by atoms with Gasteiger partial charge in [0.25, 0.3) is 0 Å². The average molecular weight is 491 g/mol. The van der Waals surface area contributed by atoms with Crippen LogP contribution in [0.4, 0.5) is 0 Å². The molecule has 0 fully saturated rings. The summed E-state index contributed by atoms with van der Waals surface area (Å²) in [7, 11) is 0. The predicted octanol–water partition coefficient (Wildman–Crippen LogP) is 6.99. The number of fused-ring (bicyclic) bond motifs is 1. The Balaban J connectivity index is 2.09. The van der Waals surface area contributed by atoms with Crippen LogP contribution in [0.25, 0.3) is 33.4 Å². The first kappa shape index (κ1) is 24.5. The molecule has 0 aliphatic carbocycles. The van der Waals surface area contributed by atoms with Crippen LogP contribution in [0.15, 0.2) is 54.6 Å². The lowest BCUT2D eigenvalue weighted by Crippen LogP contribution is -2.27. The van der Waals surface area contributed by atoms with Gasteiger partial charge in [-0.25, -0.2) is 9.78 Å². The lowest BCUT2D eigenvalue weighted by atomic mass is 9.97. The van der Waals surface area contributed by atoms with Crippen LogP contribution in [-0.4, -0.2) is 28.5 Å². The number of esters is 2. The second kappa shape index (κ2) is 9.55. The number of aromatic nitrogens is 2. The molecule has 180 valence electrons. The van der Waals surface area contributed by atoms with Crippen LogP contribution in [-0.2, 0) is 9.53 Å². The van der Waals surface area contributed by atoms with Crippen LogP contribution in [0.5, 0.6) is 5.75 Å². The van der Waals surface area contributed by atoms with E-state index in [1.54, 1.807) is 27.7 Å².